The van der Waals surface area contributed by atoms with E-state index in [4.69, 9.17) is 4.74 Å². The van der Waals surface area contributed by atoms with Gasteiger partial charge in [-0.25, -0.2) is 4.79 Å². The smallest absolute Gasteiger partial charge is 0.410 e. The maximum Gasteiger partial charge on any atom is 0.410 e. The van der Waals surface area contributed by atoms with E-state index < -0.39 is 6.10 Å². The van der Waals surface area contributed by atoms with Crippen LogP contribution in [0.2, 0.25) is 0 Å². The van der Waals surface area contributed by atoms with Gasteiger partial charge in [-0.2, -0.15) is 0 Å². The molecule has 0 radical (unpaired) electrons. The molecule has 4 heteroatoms. The van der Waals surface area contributed by atoms with E-state index >= 15 is 0 Å². The first-order chi connectivity index (χ1) is 9.66. The second-order valence-corrected chi connectivity index (χ2v) is 5.48. The SMILES string of the molecule is C[C@@H](O)CN(C(=O)OCc1ccccc1)C1CCCC1. The number of ether oxygens (including phenoxy) is 1. The van der Waals surface area contributed by atoms with Gasteiger partial charge in [0, 0.05) is 12.6 Å². The van der Waals surface area contributed by atoms with Gasteiger partial charge in [0.25, 0.3) is 0 Å². The van der Waals surface area contributed by atoms with Gasteiger partial charge in [-0.15, -0.1) is 0 Å². The van der Waals surface area contributed by atoms with Crippen LogP contribution >= 0.6 is 0 Å². The number of carbonyl (C=O) groups excluding carboxylic acids is 1. The number of nitrogens with zero attached hydrogens (tertiary/aromatic N) is 1. The number of aliphatic hydroxyl groups excluding tert-OH is 1. The summed E-state index contributed by atoms with van der Waals surface area (Å²) in [4.78, 5) is 13.9. The summed E-state index contributed by atoms with van der Waals surface area (Å²) in [6.45, 7) is 2.33. The van der Waals surface area contributed by atoms with E-state index in [1.807, 2.05) is 30.3 Å². The van der Waals surface area contributed by atoms with Crippen LogP contribution in [0, 0.1) is 0 Å². The molecular formula is C16H23NO3. The molecule has 0 bridgehead atoms. The fourth-order valence-electron chi connectivity index (χ4n) is 2.68. The number of aliphatic hydroxyl groups is 1. The van der Waals surface area contributed by atoms with Gasteiger partial charge in [-0.05, 0) is 25.3 Å². The third-order valence-electron chi connectivity index (χ3n) is 3.67. The van der Waals surface area contributed by atoms with Gasteiger partial charge < -0.3 is 14.7 Å². The maximum atomic E-state index is 12.2. The number of carbonyl (C=O) groups is 1. The van der Waals surface area contributed by atoms with Crippen LogP contribution in [0.3, 0.4) is 0 Å². The van der Waals surface area contributed by atoms with Crippen LogP contribution in [0.4, 0.5) is 4.79 Å². The summed E-state index contributed by atoms with van der Waals surface area (Å²) in [6, 6.07) is 9.86. The van der Waals surface area contributed by atoms with E-state index in [0.717, 1.165) is 31.2 Å². The van der Waals surface area contributed by atoms with Crippen LogP contribution in [0.25, 0.3) is 0 Å². The zero-order valence-corrected chi connectivity index (χ0v) is 12.0. The van der Waals surface area contributed by atoms with Crippen molar-refractivity contribution >= 4 is 6.09 Å². The highest BCUT2D eigenvalue weighted by Crippen LogP contribution is 2.24. The standard InChI is InChI=1S/C16H23NO3/c1-13(18)11-17(15-9-5-6-10-15)16(19)20-12-14-7-3-2-4-8-14/h2-4,7-8,13,15,18H,5-6,9-12H2,1H3/t13-/m1/s1. The van der Waals surface area contributed by atoms with Crippen molar-refractivity contribution < 1.29 is 14.6 Å². The minimum Gasteiger partial charge on any atom is -0.445 e. The van der Waals surface area contributed by atoms with Gasteiger partial charge >= 0.3 is 6.09 Å². The van der Waals surface area contributed by atoms with Crippen molar-refractivity contribution in [2.45, 2.75) is 51.4 Å². The Morgan fingerprint density at radius 1 is 1.35 bits per heavy atom. The minimum absolute atomic E-state index is 0.216. The van der Waals surface area contributed by atoms with Crippen molar-refractivity contribution in [2.75, 3.05) is 6.54 Å². The Balaban J connectivity index is 1.92. The van der Waals surface area contributed by atoms with Crippen LogP contribution in [0.1, 0.15) is 38.2 Å². The van der Waals surface area contributed by atoms with E-state index in [1.54, 1.807) is 11.8 Å². The average Bonchev–Trinajstić information content (AvgIpc) is 2.97. The first-order valence-corrected chi connectivity index (χ1v) is 7.32. The topological polar surface area (TPSA) is 49.8 Å². The highest BCUT2D eigenvalue weighted by molar-refractivity contribution is 5.68. The summed E-state index contributed by atoms with van der Waals surface area (Å²) in [5.41, 5.74) is 0.976. The van der Waals surface area contributed by atoms with Crippen LogP contribution in [0.5, 0.6) is 0 Å². The molecule has 1 amide bonds. The Kier molecular flexibility index (Phi) is 5.41. The molecule has 20 heavy (non-hydrogen) atoms. The molecule has 0 spiro atoms. The third kappa shape index (κ3) is 4.23. The van der Waals surface area contributed by atoms with Gasteiger partial charge in [-0.3, -0.25) is 0 Å². The van der Waals surface area contributed by atoms with Crippen molar-refractivity contribution in [3.8, 4) is 0 Å². The first-order valence-electron chi connectivity index (χ1n) is 7.32. The zero-order valence-electron chi connectivity index (χ0n) is 12.0. The monoisotopic (exact) mass is 277 g/mol. The molecule has 1 fully saturated rings. The van der Waals surface area contributed by atoms with Crippen LogP contribution in [-0.4, -0.2) is 34.8 Å². The van der Waals surface area contributed by atoms with Crippen molar-refractivity contribution in [3.05, 3.63) is 35.9 Å². The van der Waals surface area contributed by atoms with E-state index in [0.29, 0.717) is 6.54 Å². The Bertz CT molecular complexity index is 413. The molecule has 0 heterocycles. The number of rotatable bonds is 5. The Morgan fingerprint density at radius 2 is 2.00 bits per heavy atom. The molecule has 2 rings (SSSR count). The van der Waals surface area contributed by atoms with Gasteiger partial charge in [0.2, 0.25) is 0 Å². The minimum atomic E-state index is -0.528. The van der Waals surface area contributed by atoms with Gasteiger partial charge in [-0.1, -0.05) is 43.2 Å². The number of benzene rings is 1. The summed E-state index contributed by atoms with van der Waals surface area (Å²) in [6.07, 6.45) is 3.46. The molecule has 0 unspecified atom stereocenters. The molecule has 0 aliphatic heterocycles. The van der Waals surface area contributed by atoms with E-state index in [2.05, 4.69) is 0 Å². The van der Waals surface area contributed by atoms with Gasteiger partial charge in [0.05, 0.1) is 6.10 Å². The predicted molar refractivity (Wildman–Crippen MR) is 77.3 cm³/mol. The van der Waals surface area contributed by atoms with E-state index in [-0.39, 0.29) is 18.7 Å². The average molecular weight is 277 g/mol. The molecule has 1 aliphatic rings. The van der Waals surface area contributed by atoms with Crippen LogP contribution in [0.15, 0.2) is 30.3 Å². The quantitative estimate of drug-likeness (QED) is 0.900. The summed E-state index contributed by atoms with van der Waals surface area (Å²) in [5.74, 6) is 0. The Labute approximate surface area is 120 Å². The second kappa shape index (κ2) is 7.29. The zero-order chi connectivity index (χ0) is 14.4. The molecule has 1 aromatic rings. The first kappa shape index (κ1) is 14.9. The summed E-state index contributed by atoms with van der Waals surface area (Å²) >= 11 is 0. The number of hydrogen-bond donors (Lipinski definition) is 1. The molecule has 1 aliphatic carbocycles. The summed E-state index contributed by atoms with van der Waals surface area (Å²) in [7, 11) is 0. The predicted octanol–water partition coefficient (Wildman–Crippen LogP) is 2.95. The van der Waals surface area contributed by atoms with Crippen LogP contribution in [-0.2, 0) is 11.3 Å². The lowest BCUT2D eigenvalue weighted by molar-refractivity contribution is 0.0566. The molecule has 0 saturated heterocycles. The van der Waals surface area contributed by atoms with Gasteiger partial charge in [0.1, 0.15) is 6.61 Å². The van der Waals surface area contributed by atoms with Crippen molar-refractivity contribution in [3.63, 3.8) is 0 Å². The van der Waals surface area contributed by atoms with Crippen molar-refractivity contribution in [1.82, 2.24) is 4.90 Å². The molecule has 110 valence electrons. The molecule has 4 nitrogen and oxygen atoms in total. The highest BCUT2D eigenvalue weighted by atomic mass is 16.6. The lowest BCUT2D eigenvalue weighted by Gasteiger charge is -2.29. The fourth-order valence-corrected chi connectivity index (χ4v) is 2.68. The number of hydrogen-bond acceptors (Lipinski definition) is 3. The molecule has 1 N–H and O–H groups in total. The van der Waals surface area contributed by atoms with E-state index in [9.17, 15) is 9.90 Å². The largest absolute Gasteiger partial charge is 0.445 e. The third-order valence-corrected chi connectivity index (χ3v) is 3.67. The molecule has 1 aromatic carbocycles. The summed E-state index contributed by atoms with van der Waals surface area (Å²) in [5, 5.41) is 9.57. The Morgan fingerprint density at radius 3 is 2.60 bits per heavy atom. The number of amides is 1. The highest BCUT2D eigenvalue weighted by Gasteiger charge is 2.28. The Hall–Kier alpha value is -1.55. The second-order valence-electron chi connectivity index (χ2n) is 5.48. The molecule has 0 aromatic heterocycles. The molecule has 1 saturated carbocycles. The lowest BCUT2D eigenvalue weighted by atomic mass is 10.2. The van der Waals surface area contributed by atoms with Gasteiger partial charge in [0.15, 0.2) is 0 Å². The summed E-state index contributed by atoms with van der Waals surface area (Å²) < 4.78 is 5.38. The fraction of sp³-hybridized carbons (Fsp3) is 0.562. The molecular weight excluding hydrogens is 254 g/mol. The maximum absolute atomic E-state index is 12.2. The van der Waals surface area contributed by atoms with Crippen molar-refractivity contribution in [1.29, 1.82) is 0 Å². The lowest BCUT2D eigenvalue weighted by Crippen LogP contribution is -2.43. The normalized spacial score (nSPS) is 16.9. The van der Waals surface area contributed by atoms with E-state index in [1.165, 1.54) is 0 Å². The molecule has 1 atom stereocenters. The van der Waals surface area contributed by atoms with Crippen LogP contribution < -0.4 is 0 Å². The van der Waals surface area contributed by atoms with Crippen molar-refractivity contribution in [2.24, 2.45) is 0 Å².